The minimum Gasteiger partial charge on any atom is -0.383 e. The van der Waals surface area contributed by atoms with Crippen molar-refractivity contribution in [3.8, 4) is 0 Å². The molecule has 5 nitrogen and oxygen atoms in total. The Morgan fingerprint density at radius 3 is 2.87 bits per heavy atom. The van der Waals surface area contributed by atoms with E-state index in [4.69, 9.17) is 4.74 Å². The number of halogens is 1. The molecule has 0 bridgehead atoms. The van der Waals surface area contributed by atoms with E-state index in [1.807, 2.05) is 6.92 Å². The fraction of sp³-hybridized carbons (Fsp3) is 0.529. The van der Waals surface area contributed by atoms with Gasteiger partial charge in [-0.1, -0.05) is 6.07 Å². The summed E-state index contributed by atoms with van der Waals surface area (Å²) in [5.41, 5.74) is 0.317. The first-order chi connectivity index (χ1) is 11.0. The molecule has 2 rings (SSSR count). The smallest absolute Gasteiger partial charge is 0.254 e. The number of nitrogens with one attached hydrogen (secondary N) is 1. The van der Waals surface area contributed by atoms with Crippen LogP contribution in [-0.2, 0) is 9.53 Å². The quantitative estimate of drug-likeness (QED) is 0.842. The average molecular weight is 322 g/mol. The SMILES string of the molecule is COCCNC(=O)[C@@H]1CC[C@@H](C)N(C(=O)c2cccc(F)c2)C1. The zero-order chi connectivity index (χ0) is 16.8. The lowest BCUT2D eigenvalue weighted by atomic mass is 9.92. The van der Waals surface area contributed by atoms with Crippen LogP contribution in [0.4, 0.5) is 4.39 Å². The summed E-state index contributed by atoms with van der Waals surface area (Å²) >= 11 is 0. The van der Waals surface area contributed by atoms with Gasteiger partial charge >= 0.3 is 0 Å². The van der Waals surface area contributed by atoms with E-state index in [0.717, 1.165) is 12.8 Å². The van der Waals surface area contributed by atoms with Gasteiger partial charge in [0, 0.05) is 31.8 Å². The molecule has 23 heavy (non-hydrogen) atoms. The fourth-order valence-corrected chi connectivity index (χ4v) is 2.81. The number of ether oxygens (including phenoxy) is 1. The van der Waals surface area contributed by atoms with Gasteiger partial charge < -0.3 is 15.0 Å². The molecule has 1 fully saturated rings. The second-order valence-corrected chi connectivity index (χ2v) is 5.87. The summed E-state index contributed by atoms with van der Waals surface area (Å²) in [6.07, 6.45) is 1.50. The lowest BCUT2D eigenvalue weighted by Gasteiger charge is -2.37. The van der Waals surface area contributed by atoms with Gasteiger partial charge in [-0.2, -0.15) is 0 Å². The van der Waals surface area contributed by atoms with Crippen molar-refractivity contribution in [2.45, 2.75) is 25.8 Å². The second-order valence-electron chi connectivity index (χ2n) is 5.87. The van der Waals surface area contributed by atoms with Crippen molar-refractivity contribution in [2.75, 3.05) is 26.8 Å². The summed E-state index contributed by atoms with van der Waals surface area (Å²) < 4.78 is 18.2. The van der Waals surface area contributed by atoms with Gasteiger partial charge in [0.1, 0.15) is 5.82 Å². The lowest BCUT2D eigenvalue weighted by molar-refractivity contribution is -0.126. The van der Waals surface area contributed by atoms with E-state index in [0.29, 0.717) is 25.3 Å². The van der Waals surface area contributed by atoms with Crippen molar-refractivity contribution in [1.29, 1.82) is 0 Å². The maximum absolute atomic E-state index is 13.3. The molecular weight excluding hydrogens is 299 g/mol. The molecule has 1 N–H and O–H groups in total. The molecule has 0 radical (unpaired) electrons. The summed E-state index contributed by atoms with van der Waals surface area (Å²) in [4.78, 5) is 26.4. The van der Waals surface area contributed by atoms with E-state index < -0.39 is 5.82 Å². The van der Waals surface area contributed by atoms with Crippen molar-refractivity contribution in [2.24, 2.45) is 5.92 Å². The third-order valence-corrected chi connectivity index (χ3v) is 4.19. The Hall–Kier alpha value is -1.95. The van der Waals surface area contributed by atoms with Crippen LogP contribution >= 0.6 is 0 Å². The molecular formula is C17H23FN2O3. The van der Waals surface area contributed by atoms with Crippen LogP contribution in [-0.4, -0.2) is 49.6 Å². The van der Waals surface area contributed by atoms with Crippen LogP contribution in [0.25, 0.3) is 0 Å². The predicted octanol–water partition coefficient (Wildman–Crippen LogP) is 1.83. The minimum atomic E-state index is -0.436. The van der Waals surface area contributed by atoms with Crippen LogP contribution in [0.1, 0.15) is 30.1 Å². The summed E-state index contributed by atoms with van der Waals surface area (Å²) in [6, 6.07) is 5.69. The summed E-state index contributed by atoms with van der Waals surface area (Å²) in [6.45, 7) is 3.23. The summed E-state index contributed by atoms with van der Waals surface area (Å²) in [7, 11) is 1.58. The molecule has 1 aliphatic rings. The van der Waals surface area contributed by atoms with E-state index >= 15 is 0 Å². The normalized spacial score (nSPS) is 21.1. The number of likely N-dealkylation sites (tertiary alicyclic amines) is 1. The molecule has 1 aromatic carbocycles. The molecule has 0 aliphatic carbocycles. The molecule has 1 aliphatic heterocycles. The Morgan fingerprint density at radius 2 is 2.17 bits per heavy atom. The zero-order valence-electron chi connectivity index (χ0n) is 13.5. The maximum atomic E-state index is 13.3. The van der Waals surface area contributed by atoms with E-state index in [2.05, 4.69) is 5.32 Å². The van der Waals surface area contributed by atoms with Gasteiger partial charge in [0.25, 0.3) is 5.91 Å². The highest BCUT2D eigenvalue weighted by molar-refractivity contribution is 5.95. The maximum Gasteiger partial charge on any atom is 0.254 e. The van der Waals surface area contributed by atoms with E-state index in [1.54, 1.807) is 18.1 Å². The molecule has 0 spiro atoms. The van der Waals surface area contributed by atoms with E-state index in [1.165, 1.54) is 18.2 Å². The second kappa shape index (κ2) is 8.06. The van der Waals surface area contributed by atoms with Crippen molar-refractivity contribution >= 4 is 11.8 Å². The molecule has 2 atom stereocenters. The molecule has 1 aromatic rings. The molecule has 2 amide bonds. The molecule has 0 unspecified atom stereocenters. The van der Waals surface area contributed by atoms with Crippen LogP contribution in [0.2, 0.25) is 0 Å². The molecule has 0 saturated carbocycles. The number of carbonyl (C=O) groups is 2. The van der Waals surface area contributed by atoms with E-state index in [9.17, 15) is 14.0 Å². The first kappa shape index (κ1) is 17.4. The van der Waals surface area contributed by atoms with Crippen molar-refractivity contribution in [3.63, 3.8) is 0 Å². The number of piperidine rings is 1. The Bertz CT molecular complexity index is 565. The topological polar surface area (TPSA) is 58.6 Å². The van der Waals surface area contributed by atoms with Crippen LogP contribution in [0.3, 0.4) is 0 Å². The summed E-state index contributed by atoms with van der Waals surface area (Å²) in [5, 5.41) is 2.81. The minimum absolute atomic E-state index is 0.0359. The van der Waals surface area contributed by atoms with Crippen molar-refractivity contribution in [1.82, 2.24) is 10.2 Å². The zero-order valence-corrected chi connectivity index (χ0v) is 13.5. The van der Waals surface area contributed by atoms with Crippen LogP contribution in [0.15, 0.2) is 24.3 Å². The fourth-order valence-electron chi connectivity index (χ4n) is 2.81. The van der Waals surface area contributed by atoms with Crippen molar-refractivity contribution in [3.05, 3.63) is 35.6 Å². The Balaban J connectivity index is 2.03. The Kier molecular flexibility index (Phi) is 6.10. The molecule has 6 heteroatoms. The number of rotatable bonds is 5. The monoisotopic (exact) mass is 322 g/mol. The Morgan fingerprint density at radius 1 is 1.39 bits per heavy atom. The van der Waals surface area contributed by atoms with Gasteiger partial charge in [0.2, 0.25) is 5.91 Å². The first-order valence-electron chi connectivity index (χ1n) is 7.86. The van der Waals surface area contributed by atoms with Crippen LogP contribution < -0.4 is 5.32 Å². The van der Waals surface area contributed by atoms with Gasteiger partial charge in [-0.05, 0) is 38.0 Å². The molecule has 1 saturated heterocycles. The highest BCUT2D eigenvalue weighted by Crippen LogP contribution is 2.24. The number of carbonyl (C=O) groups excluding carboxylic acids is 2. The number of amides is 2. The van der Waals surface area contributed by atoms with Gasteiger partial charge in [0.15, 0.2) is 0 Å². The predicted molar refractivity (Wildman–Crippen MR) is 84.5 cm³/mol. The Labute approximate surface area is 135 Å². The molecule has 0 aromatic heterocycles. The summed E-state index contributed by atoms with van der Waals surface area (Å²) in [5.74, 6) is -0.965. The lowest BCUT2D eigenvalue weighted by Crippen LogP contribution is -2.49. The highest BCUT2D eigenvalue weighted by atomic mass is 19.1. The number of methoxy groups -OCH3 is 1. The number of benzene rings is 1. The largest absolute Gasteiger partial charge is 0.383 e. The van der Waals surface area contributed by atoms with Crippen molar-refractivity contribution < 1.29 is 18.7 Å². The molecule has 126 valence electrons. The third kappa shape index (κ3) is 4.51. The van der Waals surface area contributed by atoms with Gasteiger partial charge in [0.05, 0.1) is 12.5 Å². The van der Waals surface area contributed by atoms with Crippen LogP contribution in [0, 0.1) is 11.7 Å². The van der Waals surface area contributed by atoms with Gasteiger partial charge in [-0.3, -0.25) is 9.59 Å². The number of hydrogen-bond donors (Lipinski definition) is 1. The standard InChI is InChI=1S/C17H23FN2O3/c1-12-6-7-14(16(21)19-8-9-23-2)11-20(12)17(22)13-4-3-5-15(18)10-13/h3-5,10,12,14H,6-9,11H2,1-2H3,(H,19,21)/t12-,14-/m1/s1. The number of nitrogens with zero attached hydrogens (tertiary/aromatic N) is 1. The first-order valence-corrected chi connectivity index (χ1v) is 7.86. The number of hydrogen-bond acceptors (Lipinski definition) is 3. The van der Waals surface area contributed by atoms with Gasteiger partial charge in [-0.15, -0.1) is 0 Å². The third-order valence-electron chi connectivity index (χ3n) is 4.19. The average Bonchev–Trinajstić information content (AvgIpc) is 2.54. The van der Waals surface area contributed by atoms with Gasteiger partial charge in [-0.25, -0.2) is 4.39 Å². The van der Waals surface area contributed by atoms with Crippen LogP contribution in [0.5, 0.6) is 0 Å². The van der Waals surface area contributed by atoms with E-state index in [-0.39, 0.29) is 23.8 Å². The highest BCUT2D eigenvalue weighted by Gasteiger charge is 2.33. The molecule has 1 heterocycles.